The number of halogens is 1. The summed E-state index contributed by atoms with van der Waals surface area (Å²) in [5.74, 6) is 0.902. The van der Waals surface area contributed by atoms with Gasteiger partial charge in [0.15, 0.2) is 0 Å². The first kappa shape index (κ1) is 12.9. The first-order chi connectivity index (χ1) is 8.24. The van der Waals surface area contributed by atoms with Gasteiger partial charge in [-0.05, 0) is 37.1 Å². The maximum atomic E-state index is 5.83. The summed E-state index contributed by atoms with van der Waals surface area (Å²) in [6.45, 7) is 2.97. The van der Waals surface area contributed by atoms with Crippen molar-refractivity contribution in [3.8, 4) is 5.75 Å². The van der Waals surface area contributed by atoms with Crippen LogP contribution >= 0.6 is 15.9 Å². The van der Waals surface area contributed by atoms with Crippen molar-refractivity contribution in [3.05, 3.63) is 28.7 Å². The van der Waals surface area contributed by atoms with Crippen LogP contribution in [0.3, 0.4) is 0 Å². The van der Waals surface area contributed by atoms with Gasteiger partial charge >= 0.3 is 0 Å². The highest BCUT2D eigenvalue weighted by atomic mass is 79.9. The summed E-state index contributed by atoms with van der Waals surface area (Å²) in [7, 11) is 0. The molecule has 3 nitrogen and oxygen atoms in total. The molecule has 1 aromatic rings. The lowest BCUT2D eigenvalue weighted by Gasteiger charge is -2.25. The van der Waals surface area contributed by atoms with Crippen LogP contribution in [0.5, 0.6) is 5.75 Å². The Morgan fingerprint density at radius 1 is 1.35 bits per heavy atom. The molecule has 94 valence electrons. The average Bonchev–Trinajstić information content (AvgIpc) is 2.81. The molecule has 1 saturated heterocycles. The van der Waals surface area contributed by atoms with Crippen LogP contribution in [0, 0.1) is 5.41 Å². The molecule has 0 aromatic heterocycles. The Morgan fingerprint density at radius 2 is 2.12 bits per heavy atom. The smallest absolute Gasteiger partial charge is 0.119 e. The van der Waals surface area contributed by atoms with Gasteiger partial charge in [-0.15, -0.1) is 0 Å². The van der Waals surface area contributed by atoms with E-state index in [2.05, 4.69) is 15.9 Å². The lowest BCUT2D eigenvalue weighted by molar-refractivity contribution is 0.135. The third-order valence-electron chi connectivity index (χ3n) is 3.33. The average molecular weight is 300 g/mol. The molecule has 1 unspecified atom stereocenters. The number of hydrogen-bond acceptors (Lipinski definition) is 3. The van der Waals surface area contributed by atoms with E-state index in [-0.39, 0.29) is 5.41 Å². The molecule has 4 heteroatoms. The number of benzene rings is 1. The highest BCUT2D eigenvalue weighted by Gasteiger charge is 2.33. The Labute approximate surface area is 110 Å². The molecular weight excluding hydrogens is 282 g/mol. The van der Waals surface area contributed by atoms with Crippen molar-refractivity contribution in [2.24, 2.45) is 11.1 Å². The van der Waals surface area contributed by atoms with E-state index in [1.165, 1.54) is 0 Å². The summed E-state index contributed by atoms with van der Waals surface area (Å²) in [6.07, 6.45) is 2.01. The fourth-order valence-electron chi connectivity index (χ4n) is 2.03. The normalized spacial score (nSPS) is 23.9. The van der Waals surface area contributed by atoms with Gasteiger partial charge in [-0.25, -0.2) is 0 Å². The van der Waals surface area contributed by atoms with Crippen molar-refractivity contribution >= 4 is 15.9 Å². The SMILES string of the molecule is NCC1(CCOc2ccc(Br)cc2)CCOC1. The number of ether oxygens (including phenoxy) is 2. The van der Waals surface area contributed by atoms with E-state index in [1.807, 2.05) is 24.3 Å². The number of rotatable bonds is 5. The molecule has 0 aliphatic carbocycles. The fraction of sp³-hybridized carbons (Fsp3) is 0.538. The molecule has 1 heterocycles. The molecule has 2 rings (SSSR count). The van der Waals surface area contributed by atoms with E-state index in [1.54, 1.807) is 0 Å². The molecule has 0 amide bonds. The fourth-order valence-corrected chi connectivity index (χ4v) is 2.29. The van der Waals surface area contributed by atoms with E-state index in [0.717, 1.165) is 36.3 Å². The van der Waals surface area contributed by atoms with Gasteiger partial charge in [0.05, 0.1) is 13.2 Å². The van der Waals surface area contributed by atoms with Crippen LogP contribution in [0.2, 0.25) is 0 Å². The zero-order valence-electron chi connectivity index (χ0n) is 9.82. The molecule has 0 saturated carbocycles. The first-order valence-electron chi connectivity index (χ1n) is 5.90. The summed E-state index contributed by atoms with van der Waals surface area (Å²) in [6, 6.07) is 7.88. The molecule has 0 bridgehead atoms. The van der Waals surface area contributed by atoms with Crippen LogP contribution in [0.15, 0.2) is 28.7 Å². The summed E-state index contributed by atoms with van der Waals surface area (Å²) >= 11 is 3.40. The Morgan fingerprint density at radius 3 is 2.71 bits per heavy atom. The van der Waals surface area contributed by atoms with Gasteiger partial charge in [-0.3, -0.25) is 0 Å². The second-order valence-electron chi connectivity index (χ2n) is 4.56. The van der Waals surface area contributed by atoms with Crippen LogP contribution in [0.4, 0.5) is 0 Å². The minimum atomic E-state index is 0.134. The second-order valence-corrected chi connectivity index (χ2v) is 5.47. The van der Waals surface area contributed by atoms with E-state index in [9.17, 15) is 0 Å². The van der Waals surface area contributed by atoms with Crippen LogP contribution in [0.1, 0.15) is 12.8 Å². The van der Waals surface area contributed by atoms with Gasteiger partial charge < -0.3 is 15.2 Å². The van der Waals surface area contributed by atoms with Gasteiger partial charge in [-0.2, -0.15) is 0 Å². The van der Waals surface area contributed by atoms with Gasteiger partial charge in [0.25, 0.3) is 0 Å². The molecule has 1 aliphatic rings. The third kappa shape index (κ3) is 3.44. The zero-order valence-corrected chi connectivity index (χ0v) is 11.4. The number of hydrogen-bond donors (Lipinski definition) is 1. The molecular formula is C13H18BrNO2. The zero-order chi connectivity index (χ0) is 12.1. The molecule has 1 aliphatic heterocycles. The van der Waals surface area contributed by atoms with Gasteiger partial charge in [0, 0.05) is 23.0 Å². The number of nitrogens with two attached hydrogens (primary N) is 1. The van der Waals surface area contributed by atoms with Gasteiger partial charge in [0.1, 0.15) is 5.75 Å². The van der Waals surface area contributed by atoms with Crippen LogP contribution in [-0.2, 0) is 4.74 Å². The Bertz CT molecular complexity index is 347. The molecule has 0 radical (unpaired) electrons. The highest BCUT2D eigenvalue weighted by Crippen LogP contribution is 2.31. The van der Waals surface area contributed by atoms with Crippen LogP contribution in [-0.4, -0.2) is 26.4 Å². The predicted octanol–water partition coefficient (Wildman–Crippen LogP) is 2.58. The second kappa shape index (κ2) is 5.85. The third-order valence-corrected chi connectivity index (χ3v) is 3.86. The summed E-state index contributed by atoms with van der Waals surface area (Å²) in [4.78, 5) is 0. The molecule has 17 heavy (non-hydrogen) atoms. The molecule has 1 fully saturated rings. The molecule has 2 N–H and O–H groups in total. The van der Waals surface area contributed by atoms with Gasteiger partial charge in [-0.1, -0.05) is 15.9 Å². The maximum Gasteiger partial charge on any atom is 0.119 e. The van der Waals surface area contributed by atoms with Crippen LogP contribution in [0.25, 0.3) is 0 Å². The van der Waals surface area contributed by atoms with E-state index in [0.29, 0.717) is 13.2 Å². The highest BCUT2D eigenvalue weighted by molar-refractivity contribution is 9.10. The van der Waals surface area contributed by atoms with Crippen molar-refractivity contribution in [3.63, 3.8) is 0 Å². The van der Waals surface area contributed by atoms with E-state index < -0.39 is 0 Å². The predicted molar refractivity (Wildman–Crippen MR) is 71.2 cm³/mol. The minimum absolute atomic E-state index is 0.134. The lowest BCUT2D eigenvalue weighted by Crippen LogP contribution is -2.32. The lowest BCUT2D eigenvalue weighted by atomic mass is 9.84. The maximum absolute atomic E-state index is 5.83. The largest absolute Gasteiger partial charge is 0.494 e. The molecule has 1 atom stereocenters. The van der Waals surface area contributed by atoms with Crippen molar-refractivity contribution in [1.29, 1.82) is 0 Å². The Kier molecular flexibility index (Phi) is 4.42. The summed E-state index contributed by atoms with van der Waals surface area (Å²) < 4.78 is 12.2. The topological polar surface area (TPSA) is 44.5 Å². The Balaban J connectivity index is 1.80. The van der Waals surface area contributed by atoms with Crippen molar-refractivity contribution in [1.82, 2.24) is 0 Å². The Hall–Kier alpha value is -0.580. The van der Waals surface area contributed by atoms with Crippen molar-refractivity contribution < 1.29 is 9.47 Å². The van der Waals surface area contributed by atoms with E-state index in [4.69, 9.17) is 15.2 Å². The van der Waals surface area contributed by atoms with E-state index >= 15 is 0 Å². The summed E-state index contributed by atoms with van der Waals surface area (Å²) in [5, 5.41) is 0. The standard InChI is InChI=1S/C13H18BrNO2/c14-11-1-3-12(4-2-11)17-8-6-13(9-15)5-7-16-10-13/h1-4H,5-10,15H2. The monoisotopic (exact) mass is 299 g/mol. The van der Waals surface area contributed by atoms with Crippen molar-refractivity contribution in [2.45, 2.75) is 12.8 Å². The molecule has 1 aromatic carbocycles. The minimum Gasteiger partial charge on any atom is -0.494 e. The first-order valence-corrected chi connectivity index (χ1v) is 6.70. The van der Waals surface area contributed by atoms with Crippen molar-refractivity contribution in [2.75, 3.05) is 26.4 Å². The quantitative estimate of drug-likeness (QED) is 0.909. The molecule has 0 spiro atoms. The van der Waals surface area contributed by atoms with Gasteiger partial charge in [0.2, 0.25) is 0 Å². The van der Waals surface area contributed by atoms with Crippen LogP contribution < -0.4 is 10.5 Å². The summed E-state index contributed by atoms with van der Waals surface area (Å²) in [5.41, 5.74) is 5.96.